The summed E-state index contributed by atoms with van der Waals surface area (Å²) in [4.78, 5) is 2.65. The second-order valence-electron chi connectivity index (χ2n) is 6.08. The van der Waals surface area contributed by atoms with Crippen LogP contribution in [0, 0.1) is 13.8 Å². The Labute approximate surface area is 124 Å². The second-order valence-corrected chi connectivity index (χ2v) is 7.42. The van der Waals surface area contributed by atoms with Crippen molar-refractivity contribution in [1.29, 1.82) is 0 Å². The topological polar surface area (TPSA) is 49.9 Å². The molecule has 0 aliphatic rings. The highest BCUT2D eigenvalue weighted by Crippen LogP contribution is 2.23. The van der Waals surface area contributed by atoms with E-state index in [9.17, 15) is 0 Å². The predicted octanol–water partition coefficient (Wildman–Crippen LogP) is 3.56. The Kier molecular flexibility index (Phi) is 4.50. The predicted molar refractivity (Wildman–Crippen MR) is 83.3 cm³/mol. The standard InChI is InChI=1S/C15H23N3OS/c1-10-6-14(18-17-10)19-9-12-7-13(20-11(12)2)8-16-15(3,4)5/h6-7,16H,8-9H2,1-5H3,(H,17,18). The number of thiophene rings is 1. The molecule has 0 bridgehead atoms. The minimum Gasteiger partial charge on any atom is -0.472 e. The molecule has 0 aliphatic heterocycles. The number of ether oxygens (including phenoxy) is 1. The third-order valence-electron chi connectivity index (χ3n) is 2.92. The molecule has 110 valence electrons. The van der Waals surface area contributed by atoms with Crippen molar-refractivity contribution in [3.05, 3.63) is 33.1 Å². The number of rotatable bonds is 5. The highest BCUT2D eigenvalue weighted by atomic mass is 32.1. The Bertz CT molecular complexity index is 566. The summed E-state index contributed by atoms with van der Waals surface area (Å²) in [7, 11) is 0. The first-order valence-electron chi connectivity index (χ1n) is 6.81. The number of nitrogens with one attached hydrogen (secondary N) is 2. The lowest BCUT2D eigenvalue weighted by molar-refractivity contribution is 0.293. The molecule has 2 rings (SSSR count). The summed E-state index contributed by atoms with van der Waals surface area (Å²) >= 11 is 1.82. The Morgan fingerprint density at radius 1 is 1.30 bits per heavy atom. The monoisotopic (exact) mass is 293 g/mol. The van der Waals surface area contributed by atoms with Gasteiger partial charge in [-0.2, -0.15) is 0 Å². The summed E-state index contributed by atoms with van der Waals surface area (Å²) in [5.41, 5.74) is 2.39. The summed E-state index contributed by atoms with van der Waals surface area (Å²) < 4.78 is 5.70. The van der Waals surface area contributed by atoms with Gasteiger partial charge in [-0.1, -0.05) is 0 Å². The van der Waals surface area contributed by atoms with E-state index >= 15 is 0 Å². The fourth-order valence-electron chi connectivity index (χ4n) is 1.79. The lowest BCUT2D eigenvalue weighted by Gasteiger charge is -2.19. The van der Waals surface area contributed by atoms with Gasteiger partial charge in [0.25, 0.3) is 0 Å². The van der Waals surface area contributed by atoms with E-state index in [0.29, 0.717) is 12.5 Å². The maximum Gasteiger partial charge on any atom is 0.233 e. The fraction of sp³-hybridized carbons (Fsp3) is 0.533. The van der Waals surface area contributed by atoms with Crippen LogP contribution < -0.4 is 10.1 Å². The quantitative estimate of drug-likeness (QED) is 0.886. The van der Waals surface area contributed by atoms with Gasteiger partial charge in [0.05, 0.1) is 0 Å². The number of hydrogen-bond donors (Lipinski definition) is 2. The molecular weight excluding hydrogens is 270 g/mol. The van der Waals surface area contributed by atoms with Crippen molar-refractivity contribution in [1.82, 2.24) is 15.5 Å². The van der Waals surface area contributed by atoms with E-state index in [1.807, 2.05) is 24.3 Å². The number of aromatic amines is 1. The molecule has 20 heavy (non-hydrogen) atoms. The molecule has 0 aliphatic carbocycles. The molecule has 2 N–H and O–H groups in total. The molecular formula is C15H23N3OS. The van der Waals surface area contributed by atoms with Crippen LogP contribution in [0.25, 0.3) is 0 Å². The van der Waals surface area contributed by atoms with Gasteiger partial charge < -0.3 is 10.1 Å². The summed E-state index contributed by atoms with van der Waals surface area (Å²) in [6.45, 7) is 12.1. The lowest BCUT2D eigenvalue weighted by Crippen LogP contribution is -2.34. The van der Waals surface area contributed by atoms with E-state index < -0.39 is 0 Å². The van der Waals surface area contributed by atoms with Crippen LogP contribution in [0.5, 0.6) is 5.88 Å². The van der Waals surface area contributed by atoms with Crippen LogP contribution in [0.4, 0.5) is 0 Å². The lowest BCUT2D eigenvalue weighted by atomic mass is 10.1. The van der Waals surface area contributed by atoms with Crippen LogP contribution in [0.1, 0.15) is 41.8 Å². The first-order chi connectivity index (χ1) is 9.33. The largest absolute Gasteiger partial charge is 0.472 e. The molecule has 0 saturated carbocycles. The maximum absolute atomic E-state index is 5.70. The molecule has 0 radical (unpaired) electrons. The zero-order valence-electron chi connectivity index (χ0n) is 12.8. The minimum atomic E-state index is 0.140. The number of H-pyrrole nitrogens is 1. The van der Waals surface area contributed by atoms with Crippen molar-refractivity contribution < 1.29 is 4.74 Å². The number of nitrogens with zero attached hydrogens (tertiary/aromatic N) is 1. The van der Waals surface area contributed by atoms with Crippen molar-refractivity contribution in [3.63, 3.8) is 0 Å². The zero-order valence-corrected chi connectivity index (χ0v) is 13.6. The number of aromatic nitrogens is 2. The Balaban J connectivity index is 1.93. The van der Waals surface area contributed by atoms with Gasteiger partial charge in [0.2, 0.25) is 5.88 Å². The third kappa shape index (κ3) is 4.35. The molecule has 0 fully saturated rings. The Morgan fingerprint density at radius 2 is 2.05 bits per heavy atom. The summed E-state index contributed by atoms with van der Waals surface area (Å²) in [6.07, 6.45) is 0. The average Bonchev–Trinajstić information content (AvgIpc) is 2.90. The van der Waals surface area contributed by atoms with E-state index in [1.165, 1.54) is 15.3 Å². The van der Waals surface area contributed by atoms with Crippen LogP contribution in [0.2, 0.25) is 0 Å². The van der Waals surface area contributed by atoms with Gasteiger partial charge in [0.1, 0.15) is 6.61 Å². The normalized spacial score (nSPS) is 11.8. The van der Waals surface area contributed by atoms with E-state index in [1.54, 1.807) is 0 Å². The first-order valence-corrected chi connectivity index (χ1v) is 7.63. The maximum atomic E-state index is 5.70. The van der Waals surface area contributed by atoms with Gasteiger partial charge in [0, 0.05) is 39.2 Å². The highest BCUT2D eigenvalue weighted by molar-refractivity contribution is 7.12. The van der Waals surface area contributed by atoms with Gasteiger partial charge in [-0.05, 0) is 40.7 Å². The second kappa shape index (κ2) is 5.97. The van der Waals surface area contributed by atoms with Gasteiger partial charge in [-0.25, -0.2) is 0 Å². The van der Waals surface area contributed by atoms with Crippen LogP contribution >= 0.6 is 11.3 Å². The third-order valence-corrected chi connectivity index (χ3v) is 4.02. The Hall–Kier alpha value is -1.33. The molecule has 0 spiro atoms. The van der Waals surface area contributed by atoms with Crippen LogP contribution in [0.3, 0.4) is 0 Å². The van der Waals surface area contributed by atoms with E-state index in [4.69, 9.17) is 4.74 Å². The molecule has 4 nitrogen and oxygen atoms in total. The average molecular weight is 293 g/mol. The van der Waals surface area contributed by atoms with E-state index in [-0.39, 0.29) is 5.54 Å². The molecule has 0 amide bonds. The molecule has 5 heteroatoms. The van der Waals surface area contributed by atoms with Crippen molar-refractivity contribution in [2.45, 2.75) is 53.3 Å². The fourth-order valence-corrected chi connectivity index (χ4v) is 2.78. The van der Waals surface area contributed by atoms with E-state index in [2.05, 4.69) is 49.3 Å². The first kappa shape index (κ1) is 15.1. The van der Waals surface area contributed by atoms with Gasteiger partial charge >= 0.3 is 0 Å². The van der Waals surface area contributed by atoms with Crippen LogP contribution in [0.15, 0.2) is 12.1 Å². The van der Waals surface area contributed by atoms with Crippen molar-refractivity contribution in [2.75, 3.05) is 0 Å². The molecule has 2 aromatic heterocycles. The zero-order chi connectivity index (χ0) is 14.8. The van der Waals surface area contributed by atoms with Gasteiger partial charge in [-0.3, -0.25) is 5.10 Å². The van der Waals surface area contributed by atoms with Crippen molar-refractivity contribution >= 4 is 11.3 Å². The molecule has 0 unspecified atom stereocenters. The summed E-state index contributed by atoms with van der Waals surface area (Å²) in [5, 5.41) is 10.5. The van der Waals surface area contributed by atoms with Crippen LogP contribution in [-0.4, -0.2) is 15.7 Å². The Morgan fingerprint density at radius 3 is 2.65 bits per heavy atom. The minimum absolute atomic E-state index is 0.140. The molecule has 0 aromatic carbocycles. The SMILES string of the molecule is Cc1cc(OCc2cc(CNC(C)(C)C)sc2C)n[nH]1. The molecule has 2 heterocycles. The van der Waals surface area contributed by atoms with Crippen LogP contribution in [-0.2, 0) is 13.2 Å². The molecule has 0 atom stereocenters. The van der Waals surface area contributed by atoms with Gasteiger partial charge in [-0.15, -0.1) is 16.4 Å². The van der Waals surface area contributed by atoms with Gasteiger partial charge in [0.15, 0.2) is 0 Å². The van der Waals surface area contributed by atoms with Crippen molar-refractivity contribution in [3.8, 4) is 5.88 Å². The smallest absolute Gasteiger partial charge is 0.233 e. The molecule has 0 saturated heterocycles. The molecule has 2 aromatic rings. The summed E-state index contributed by atoms with van der Waals surface area (Å²) in [6, 6.07) is 4.13. The summed E-state index contributed by atoms with van der Waals surface area (Å²) in [5.74, 6) is 0.655. The highest BCUT2D eigenvalue weighted by Gasteiger charge is 2.11. The van der Waals surface area contributed by atoms with E-state index in [0.717, 1.165) is 12.2 Å². The number of aryl methyl sites for hydroxylation is 2. The number of hydrogen-bond acceptors (Lipinski definition) is 4. The van der Waals surface area contributed by atoms with Crippen molar-refractivity contribution in [2.24, 2.45) is 0 Å².